The van der Waals surface area contributed by atoms with Gasteiger partial charge >= 0.3 is 0 Å². The summed E-state index contributed by atoms with van der Waals surface area (Å²) in [7, 11) is 1.63. The van der Waals surface area contributed by atoms with E-state index < -0.39 is 0 Å². The van der Waals surface area contributed by atoms with Crippen LogP contribution in [0.5, 0.6) is 5.75 Å². The summed E-state index contributed by atoms with van der Waals surface area (Å²) in [6.45, 7) is 6.91. The summed E-state index contributed by atoms with van der Waals surface area (Å²) in [5.74, 6) is 1.05. The second kappa shape index (κ2) is 11.7. The Morgan fingerprint density at radius 1 is 1.21 bits per heavy atom. The maximum atomic E-state index is 12.5. The number of rotatable bonds is 10. The normalized spacial score (nSPS) is 16.4. The molecule has 1 fully saturated rings. The first-order chi connectivity index (χ1) is 13.5. The number of benzene rings is 1. The summed E-state index contributed by atoms with van der Waals surface area (Å²) in [6, 6.07) is 7.51. The second-order valence-electron chi connectivity index (χ2n) is 7.55. The van der Waals surface area contributed by atoms with Gasteiger partial charge in [-0.15, -0.1) is 0 Å². The van der Waals surface area contributed by atoms with Gasteiger partial charge in [0.2, 0.25) is 11.8 Å². The van der Waals surface area contributed by atoms with Crippen LogP contribution in [0.25, 0.3) is 0 Å². The molecule has 6 nitrogen and oxygen atoms in total. The Morgan fingerprint density at radius 3 is 2.64 bits per heavy atom. The van der Waals surface area contributed by atoms with Crippen molar-refractivity contribution in [2.45, 2.75) is 58.5 Å². The van der Waals surface area contributed by atoms with Crippen molar-refractivity contribution in [2.24, 2.45) is 5.92 Å². The molecule has 1 aromatic carbocycles. The predicted octanol–water partition coefficient (Wildman–Crippen LogP) is 2.72. The smallest absolute Gasteiger partial charge is 0.237 e. The van der Waals surface area contributed by atoms with Gasteiger partial charge in [0, 0.05) is 19.0 Å². The maximum absolute atomic E-state index is 12.5. The molecule has 1 atom stereocenters. The Bertz CT molecular complexity index is 627. The van der Waals surface area contributed by atoms with Gasteiger partial charge in [-0.1, -0.05) is 31.9 Å². The first kappa shape index (κ1) is 22.2. The fourth-order valence-corrected chi connectivity index (χ4v) is 3.57. The average molecular weight is 390 g/mol. The SMILES string of the molecule is CCCCCNC(=O)C1CCN(C(C)C(=O)NCc2cccc(OC)c2)CC1. The standard InChI is InChI=1S/C22H35N3O3/c1-4-5-6-12-23-22(27)19-10-13-25(14-11-19)17(2)21(26)24-16-18-8-7-9-20(15-18)28-3/h7-9,15,17,19H,4-6,10-14,16H2,1-3H3,(H,23,27)(H,24,26). The monoisotopic (exact) mass is 389 g/mol. The minimum absolute atomic E-state index is 0.0188. The third kappa shape index (κ3) is 6.82. The largest absolute Gasteiger partial charge is 0.497 e. The summed E-state index contributed by atoms with van der Waals surface area (Å²) >= 11 is 0. The van der Waals surface area contributed by atoms with Gasteiger partial charge in [0.05, 0.1) is 13.2 Å². The summed E-state index contributed by atoms with van der Waals surface area (Å²) < 4.78 is 5.22. The lowest BCUT2D eigenvalue weighted by atomic mass is 9.95. The zero-order chi connectivity index (χ0) is 20.4. The Kier molecular flexibility index (Phi) is 9.28. The molecule has 1 aliphatic heterocycles. The number of nitrogens with zero attached hydrogens (tertiary/aromatic N) is 1. The number of methoxy groups -OCH3 is 1. The van der Waals surface area contributed by atoms with E-state index in [-0.39, 0.29) is 23.8 Å². The van der Waals surface area contributed by atoms with E-state index in [2.05, 4.69) is 22.5 Å². The Balaban J connectivity index is 1.72. The maximum Gasteiger partial charge on any atom is 0.237 e. The number of hydrogen-bond donors (Lipinski definition) is 2. The Hall–Kier alpha value is -2.08. The highest BCUT2D eigenvalue weighted by atomic mass is 16.5. The molecule has 0 aliphatic carbocycles. The van der Waals surface area contributed by atoms with Crippen LogP contribution >= 0.6 is 0 Å². The third-order valence-corrected chi connectivity index (χ3v) is 5.51. The predicted molar refractivity (Wildman–Crippen MR) is 111 cm³/mol. The lowest BCUT2D eigenvalue weighted by molar-refractivity contribution is -0.128. The van der Waals surface area contributed by atoms with Crippen LogP contribution in [0.4, 0.5) is 0 Å². The highest BCUT2D eigenvalue weighted by Crippen LogP contribution is 2.19. The molecule has 0 bridgehead atoms. The van der Waals surface area contributed by atoms with E-state index in [4.69, 9.17) is 4.74 Å². The van der Waals surface area contributed by atoms with Crippen LogP contribution < -0.4 is 15.4 Å². The van der Waals surface area contributed by atoms with Gasteiger partial charge in [-0.05, 0) is 57.0 Å². The zero-order valence-corrected chi connectivity index (χ0v) is 17.5. The Morgan fingerprint density at radius 2 is 1.96 bits per heavy atom. The number of carbonyl (C=O) groups excluding carboxylic acids is 2. The van der Waals surface area contributed by atoms with Crippen molar-refractivity contribution in [3.05, 3.63) is 29.8 Å². The van der Waals surface area contributed by atoms with Crippen LogP contribution in [-0.4, -0.2) is 49.5 Å². The van der Waals surface area contributed by atoms with E-state index in [9.17, 15) is 9.59 Å². The minimum Gasteiger partial charge on any atom is -0.497 e. The fourth-order valence-electron chi connectivity index (χ4n) is 3.57. The molecule has 0 aromatic heterocycles. The Labute approximate surface area is 169 Å². The minimum atomic E-state index is -0.195. The van der Waals surface area contributed by atoms with Gasteiger partial charge in [0.25, 0.3) is 0 Å². The van der Waals surface area contributed by atoms with Crippen molar-refractivity contribution in [3.8, 4) is 5.75 Å². The van der Waals surface area contributed by atoms with Crippen LogP contribution in [-0.2, 0) is 16.1 Å². The molecule has 28 heavy (non-hydrogen) atoms. The number of amides is 2. The zero-order valence-electron chi connectivity index (χ0n) is 17.5. The molecule has 0 saturated carbocycles. The molecule has 1 unspecified atom stereocenters. The van der Waals surface area contributed by atoms with Crippen LogP contribution in [0.1, 0.15) is 51.5 Å². The molecule has 2 amide bonds. The van der Waals surface area contributed by atoms with Gasteiger partial charge in [-0.3, -0.25) is 14.5 Å². The topological polar surface area (TPSA) is 70.7 Å². The van der Waals surface area contributed by atoms with Crippen LogP contribution in [0, 0.1) is 5.92 Å². The molecule has 2 N–H and O–H groups in total. The first-order valence-electron chi connectivity index (χ1n) is 10.5. The van der Waals surface area contributed by atoms with Gasteiger partial charge in [-0.25, -0.2) is 0 Å². The lowest BCUT2D eigenvalue weighted by Gasteiger charge is -2.34. The quantitative estimate of drug-likeness (QED) is 0.604. The highest BCUT2D eigenvalue weighted by molar-refractivity contribution is 5.81. The van der Waals surface area contributed by atoms with Gasteiger partial charge in [0.15, 0.2) is 0 Å². The summed E-state index contributed by atoms with van der Waals surface area (Å²) in [4.78, 5) is 27.0. The van der Waals surface area contributed by atoms with Crippen LogP contribution in [0.2, 0.25) is 0 Å². The number of ether oxygens (including phenoxy) is 1. The summed E-state index contributed by atoms with van der Waals surface area (Å²) in [5.41, 5.74) is 1.01. The van der Waals surface area contributed by atoms with Gasteiger partial charge in [-0.2, -0.15) is 0 Å². The van der Waals surface area contributed by atoms with Crippen molar-refractivity contribution in [1.82, 2.24) is 15.5 Å². The number of unbranched alkanes of at least 4 members (excludes halogenated alkanes) is 2. The van der Waals surface area contributed by atoms with Crippen molar-refractivity contribution in [2.75, 3.05) is 26.7 Å². The second-order valence-corrected chi connectivity index (χ2v) is 7.55. The number of nitrogens with one attached hydrogen (secondary N) is 2. The van der Waals surface area contributed by atoms with Crippen LogP contribution in [0.3, 0.4) is 0 Å². The molecule has 0 spiro atoms. The van der Waals surface area contributed by atoms with Gasteiger partial charge < -0.3 is 15.4 Å². The molecule has 1 aromatic rings. The molecule has 2 rings (SSSR count). The van der Waals surface area contributed by atoms with E-state index in [1.54, 1.807) is 7.11 Å². The fraction of sp³-hybridized carbons (Fsp3) is 0.636. The van der Waals surface area contributed by atoms with Crippen molar-refractivity contribution in [1.29, 1.82) is 0 Å². The first-order valence-corrected chi connectivity index (χ1v) is 10.5. The van der Waals surface area contributed by atoms with E-state index >= 15 is 0 Å². The number of piperidine rings is 1. The van der Waals surface area contributed by atoms with Crippen molar-refractivity contribution in [3.63, 3.8) is 0 Å². The number of likely N-dealkylation sites (tertiary alicyclic amines) is 1. The van der Waals surface area contributed by atoms with Gasteiger partial charge in [0.1, 0.15) is 5.75 Å². The van der Waals surface area contributed by atoms with Crippen molar-refractivity contribution >= 4 is 11.8 Å². The molecule has 0 radical (unpaired) electrons. The van der Waals surface area contributed by atoms with Crippen molar-refractivity contribution < 1.29 is 14.3 Å². The third-order valence-electron chi connectivity index (χ3n) is 5.51. The van der Waals surface area contributed by atoms with Crippen LogP contribution in [0.15, 0.2) is 24.3 Å². The summed E-state index contributed by atoms with van der Waals surface area (Å²) in [6.07, 6.45) is 4.99. The van der Waals surface area contributed by atoms with E-state index in [0.717, 1.165) is 63.1 Å². The van der Waals surface area contributed by atoms with E-state index in [1.807, 2.05) is 31.2 Å². The molecule has 1 saturated heterocycles. The highest BCUT2D eigenvalue weighted by Gasteiger charge is 2.29. The summed E-state index contributed by atoms with van der Waals surface area (Å²) in [5, 5.41) is 6.06. The number of carbonyl (C=O) groups is 2. The lowest BCUT2D eigenvalue weighted by Crippen LogP contribution is -2.49. The van der Waals surface area contributed by atoms with E-state index in [0.29, 0.717) is 6.54 Å². The molecular formula is C22H35N3O3. The van der Waals surface area contributed by atoms with E-state index in [1.165, 1.54) is 0 Å². The molecule has 156 valence electrons. The number of hydrogen-bond acceptors (Lipinski definition) is 4. The average Bonchev–Trinajstić information content (AvgIpc) is 2.74. The molecule has 1 heterocycles. The molecule has 1 aliphatic rings. The molecule has 6 heteroatoms. The molecular weight excluding hydrogens is 354 g/mol.